The van der Waals surface area contributed by atoms with Gasteiger partial charge in [-0.15, -0.1) is 0 Å². The van der Waals surface area contributed by atoms with Crippen molar-refractivity contribution in [1.29, 1.82) is 0 Å². The highest BCUT2D eigenvalue weighted by Crippen LogP contribution is 2.33. The first-order chi connectivity index (χ1) is 18.4. The van der Waals surface area contributed by atoms with Gasteiger partial charge in [-0.25, -0.2) is 8.42 Å². The summed E-state index contributed by atoms with van der Waals surface area (Å²) in [5.41, 5.74) is 5.72. The molecule has 204 valence electrons. The van der Waals surface area contributed by atoms with E-state index in [0.717, 1.165) is 33.1 Å². The van der Waals surface area contributed by atoms with Gasteiger partial charge >= 0.3 is 0 Å². The fourth-order valence-corrected chi connectivity index (χ4v) is 5.19. The van der Waals surface area contributed by atoms with E-state index in [1.807, 2.05) is 42.5 Å². The average Bonchev–Trinajstić information content (AvgIpc) is 3.36. The van der Waals surface area contributed by atoms with Crippen LogP contribution in [-0.2, 0) is 21.7 Å². The van der Waals surface area contributed by atoms with E-state index in [-0.39, 0.29) is 29.5 Å². The van der Waals surface area contributed by atoms with E-state index < -0.39 is 9.84 Å². The van der Waals surface area contributed by atoms with Crippen LogP contribution >= 0.6 is 15.9 Å². The Balaban J connectivity index is 1.59. The number of nitrogens with one attached hydrogen (secondary N) is 1. The Hall–Kier alpha value is -3.23. The lowest BCUT2D eigenvalue weighted by Crippen LogP contribution is -2.28. The van der Waals surface area contributed by atoms with E-state index in [0.29, 0.717) is 17.7 Å². The quantitative estimate of drug-likeness (QED) is 0.233. The molecular weight excluding hydrogens is 576 g/mol. The summed E-state index contributed by atoms with van der Waals surface area (Å²) in [7, 11) is -3.13. The molecule has 39 heavy (non-hydrogen) atoms. The number of rotatable bonds is 9. The Kier molecular flexibility index (Phi) is 8.76. The van der Waals surface area contributed by atoms with Gasteiger partial charge < -0.3 is 9.84 Å². The maximum Gasteiger partial charge on any atom is 0.251 e. The van der Waals surface area contributed by atoms with Crippen LogP contribution in [0.2, 0.25) is 0 Å². The predicted molar refractivity (Wildman–Crippen MR) is 159 cm³/mol. The van der Waals surface area contributed by atoms with E-state index in [9.17, 15) is 13.2 Å². The van der Waals surface area contributed by atoms with E-state index >= 15 is 0 Å². The smallest absolute Gasteiger partial charge is 0.251 e. The minimum Gasteiger partial charge on any atom is -0.356 e. The summed E-state index contributed by atoms with van der Waals surface area (Å²) < 4.78 is 29.4. The Bertz CT molecular complexity index is 1540. The summed E-state index contributed by atoms with van der Waals surface area (Å²) >= 11 is 3.52. The summed E-state index contributed by atoms with van der Waals surface area (Å²) in [5, 5.41) is 7.13. The first kappa shape index (κ1) is 28.8. The fourth-order valence-electron chi connectivity index (χ4n) is 4.32. The number of carbonyl (C=O) groups excluding carboxylic acids is 1. The summed E-state index contributed by atoms with van der Waals surface area (Å²) in [4.78, 5) is 12.4. The normalized spacial score (nSPS) is 12.7. The van der Waals surface area contributed by atoms with E-state index in [2.05, 4.69) is 71.4 Å². The van der Waals surface area contributed by atoms with Crippen molar-refractivity contribution < 1.29 is 17.7 Å². The zero-order chi connectivity index (χ0) is 28.2. The topological polar surface area (TPSA) is 89.3 Å². The second kappa shape index (κ2) is 11.9. The number of hydrogen-bond acceptors (Lipinski definition) is 5. The first-order valence-electron chi connectivity index (χ1n) is 12.8. The lowest BCUT2D eigenvalue weighted by molar-refractivity contribution is 0.0956. The van der Waals surface area contributed by atoms with Gasteiger partial charge in [-0.05, 0) is 52.8 Å². The summed E-state index contributed by atoms with van der Waals surface area (Å²) in [6, 6.07) is 25.9. The molecule has 0 spiro atoms. The monoisotopic (exact) mass is 608 g/mol. The van der Waals surface area contributed by atoms with Crippen LogP contribution in [0.25, 0.3) is 11.3 Å². The molecule has 4 aromatic rings. The molecule has 0 saturated heterocycles. The fraction of sp³-hybridized carbons (Fsp3) is 0.290. The number of nitrogens with zero attached hydrogens (tertiary/aromatic N) is 1. The Morgan fingerprint density at radius 1 is 1.00 bits per heavy atom. The van der Waals surface area contributed by atoms with Gasteiger partial charge in [0.2, 0.25) is 0 Å². The van der Waals surface area contributed by atoms with Gasteiger partial charge in [0, 0.05) is 40.4 Å². The van der Waals surface area contributed by atoms with Crippen molar-refractivity contribution in [1.82, 2.24) is 10.5 Å². The number of carbonyl (C=O) groups is 1. The molecule has 1 amide bonds. The zero-order valence-corrected chi connectivity index (χ0v) is 25.0. The van der Waals surface area contributed by atoms with E-state index in [4.69, 9.17) is 4.52 Å². The van der Waals surface area contributed by atoms with Crippen LogP contribution in [0.5, 0.6) is 0 Å². The second-order valence-electron chi connectivity index (χ2n) is 10.8. The molecule has 8 heteroatoms. The van der Waals surface area contributed by atoms with Crippen molar-refractivity contribution in [3.8, 4) is 11.3 Å². The third kappa shape index (κ3) is 7.90. The third-order valence-electron chi connectivity index (χ3n) is 6.59. The maximum atomic E-state index is 12.4. The molecule has 0 aliphatic carbocycles. The predicted octanol–water partition coefficient (Wildman–Crippen LogP) is 6.55. The van der Waals surface area contributed by atoms with Gasteiger partial charge in [0.25, 0.3) is 5.91 Å². The lowest BCUT2D eigenvalue weighted by Gasteiger charge is -2.21. The van der Waals surface area contributed by atoms with Crippen molar-refractivity contribution in [2.75, 3.05) is 18.6 Å². The van der Waals surface area contributed by atoms with Gasteiger partial charge in [-0.3, -0.25) is 4.79 Å². The van der Waals surface area contributed by atoms with E-state index in [1.165, 1.54) is 5.56 Å². The van der Waals surface area contributed by atoms with Crippen molar-refractivity contribution in [2.45, 2.75) is 38.5 Å². The standard InChI is InChI=1S/C31H33BrN2O4S/c1-31(2,3)25-14-12-22(13-15-25)27(28-20-29(38-34-28)24-6-5-7-26(32)19-24)18-21-8-10-23(11-9-21)30(35)33-16-17-39(4,36)37/h5-15,19-20,27H,16-18H2,1-4H3,(H,33,35). The molecule has 0 fully saturated rings. The molecule has 0 aliphatic heterocycles. The molecule has 1 unspecified atom stereocenters. The van der Waals surface area contributed by atoms with Crippen molar-refractivity contribution >= 4 is 31.7 Å². The molecule has 6 nitrogen and oxygen atoms in total. The van der Waals surface area contributed by atoms with Crippen molar-refractivity contribution in [2.24, 2.45) is 0 Å². The number of aromatic nitrogens is 1. The van der Waals surface area contributed by atoms with Crippen LogP contribution in [0.1, 0.15) is 59.4 Å². The highest BCUT2D eigenvalue weighted by atomic mass is 79.9. The van der Waals surface area contributed by atoms with Crippen molar-refractivity contribution in [3.05, 3.63) is 111 Å². The average molecular weight is 610 g/mol. The molecule has 0 saturated carbocycles. The van der Waals surface area contributed by atoms with Crippen LogP contribution in [0.3, 0.4) is 0 Å². The van der Waals surface area contributed by atoms with E-state index in [1.54, 1.807) is 12.1 Å². The molecule has 0 bridgehead atoms. The summed E-state index contributed by atoms with van der Waals surface area (Å²) in [6.45, 7) is 6.67. The highest BCUT2D eigenvalue weighted by Gasteiger charge is 2.22. The number of hydrogen-bond donors (Lipinski definition) is 1. The summed E-state index contributed by atoms with van der Waals surface area (Å²) in [5.74, 6) is 0.253. The highest BCUT2D eigenvalue weighted by molar-refractivity contribution is 9.10. The number of sulfone groups is 1. The third-order valence-corrected chi connectivity index (χ3v) is 8.03. The van der Waals surface area contributed by atoms with Gasteiger partial charge in [0.05, 0.1) is 11.4 Å². The van der Waals surface area contributed by atoms with Crippen LogP contribution < -0.4 is 5.32 Å². The molecule has 0 aliphatic rings. The largest absolute Gasteiger partial charge is 0.356 e. The van der Waals surface area contributed by atoms with Gasteiger partial charge in [0.1, 0.15) is 9.84 Å². The number of halogens is 1. The van der Waals surface area contributed by atoms with Crippen LogP contribution in [-0.4, -0.2) is 38.0 Å². The van der Waals surface area contributed by atoms with Crippen LogP contribution in [0.15, 0.2) is 87.9 Å². The minimum absolute atomic E-state index is 0.0491. The number of amides is 1. The minimum atomic E-state index is -3.13. The molecule has 1 atom stereocenters. The van der Waals surface area contributed by atoms with Crippen LogP contribution in [0, 0.1) is 0 Å². The van der Waals surface area contributed by atoms with Crippen molar-refractivity contribution in [3.63, 3.8) is 0 Å². The van der Waals surface area contributed by atoms with Gasteiger partial charge in [-0.1, -0.05) is 90.4 Å². The van der Waals surface area contributed by atoms with Crippen LogP contribution in [0.4, 0.5) is 0 Å². The molecule has 4 rings (SSSR count). The Labute approximate surface area is 238 Å². The maximum absolute atomic E-state index is 12.4. The van der Waals surface area contributed by atoms with Gasteiger partial charge in [-0.2, -0.15) is 0 Å². The first-order valence-corrected chi connectivity index (χ1v) is 15.6. The lowest BCUT2D eigenvalue weighted by atomic mass is 9.83. The molecule has 1 N–H and O–H groups in total. The number of benzene rings is 3. The molecule has 1 heterocycles. The molecule has 3 aromatic carbocycles. The Morgan fingerprint density at radius 3 is 2.31 bits per heavy atom. The SMILES string of the molecule is CC(C)(C)c1ccc(C(Cc2ccc(C(=O)NCCS(C)(=O)=O)cc2)c2cc(-c3cccc(Br)c3)on2)cc1. The molecule has 0 radical (unpaired) electrons. The molecule has 1 aromatic heterocycles. The molecular formula is C31H33BrN2O4S. The summed E-state index contributed by atoms with van der Waals surface area (Å²) in [6.07, 6.45) is 1.81. The second-order valence-corrected chi connectivity index (χ2v) is 14.0. The zero-order valence-electron chi connectivity index (χ0n) is 22.6. The van der Waals surface area contributed by atoms with Gasteiger partial charge in [0.15, 0.2) is 5.76 Å². The Morgan fingerprint density at radius 2 is 1.69 bits per heavy atom.